The minimum absolute atomic E-state index is 0.262. The minimum Gasteiger partial charge on any atom is -0.482 e. The number of ether oxygens (including phenoxy) is 1. The Labute approximate surface area is 82.8 Å². The van der Waals surface area contributed by atoms with Crippen LogP contribution in [0.3, 0.4) is 0 Å². The van der Waals surface area contributed by atoms with E-state index in [1.165, 1.54) is 18.2 Å². The minimum atomic E-state index is -0.601. The smallest absolute Gasteiger partial charge is 0.255 e. The lowest BCUT2D eigenvalue weighted by molar-refractivity contribution is -0.119. The highest BCUT2D eigenvalue weighted by atomic mass is 79.9. The van der Waals surface area contributed by atoms with Gasteiger partial charge in [0.25, 0.3) is 5.91 Å². The third-order valence-electron chi connectivity index (χ3n) is 1.26. The van der Waals surface area contributed by atoms with Gasteiger partial charge in [-0.25, -0.2) is 4.39 Å². The molecule has 2 N–H and O–H groups in total. The van der Waals surface area contributed by atoms with Crippen LogP contribution in [0.2, 0.25) is 0 Å². The van der Waals surface area contributed by atoms with E-state index in [1.54, 1.807) is 0 Å². The van der Waals surface area contributed by atoms with Gasteiger partial charge in [-0.2, -0.15) is 0 Å². The summed E-state index contributed by atoms with van der Waals surface area (Å²) in [5, 5.41) is 0. The number of carbonyl (C=O) groups excluding carboxylic acids is 1. The van der Waals surface area contributed by atoms with Gasteiger partial charge in [-0.1, -0.05) is 0 Å². The zero-order chi connectivity index (χ0) is 9.84. The van der Waals surface area contributed by atoms with Crippen molar-refractivity contribution < 1.29 is 13.9 Å². The van der Waals surface area contributed by atoms with Crippen molar-refractivity contribution in [2.24, 2.45) is 5.73 Å². The van der Waals surface area contributed by atoms with E-state index in [1.807, 2.05) is 0 Å². The summed E-state index contributed by atoms with van der Waals surface area (Å²) in [5.41, 5.74) is 4.86. The van der Waals surface area contributed by atoms with Gasteiger partial charge < -0.3 is 10.5 Å². The van der Waals surface area contributed by atoms with Crippen LogP contribution in [0.15, 0.2) is 22.7 Å². The SMILES string of the molecule is NC(=O)COc1cc(F)ccc1Br. The molecule has 1 amide bonds. The predicted molar refractivity (Wildman–Crippen MR) is 48.8 cm³/mol. The number of benzene rings is 1. The molecule has 13 heavy (non-hydrogen) atoms. The van der Waals surface area contributed by atoms with Gasteiger partial charge in [-0.15, -0.1) is 0 Å². The summed E-state index contributed by atoms with van der Waals surface area (Å²) < 4.78 is 18.2. The molecule has 0 saturated carbocycles. The van der Waals surface area contributed by atoms with E-state index in [0.29, 0.717) is 4.47 Å². The van der Waals surface area contributed by atoms with Crippen molar-refractivity contribution in [3.63, 3.8) is 0 Å². The molecule has 0 aliphatic rings. The molecule has 70 valence electrons. The van der Waals surface area contributed by atoms with Crippen LogP contribution < -0.4 is 10.5 Å². The summed E-state index contributed by atoms with van der Waals surface area (Å²) in [6.07, 6.45) is 0. The number of nitrogens with two attached hydrogens (primary N) is 1. The molecule has 0 aliphatic heterocycles. The van der Waals surface area contributed by atoms with Crippen molar-refractivity contribution in [3.05, 3.63) is 28.5 Å². The Morgan fingerprint density at radius 1 is 1.62 bits per heavy atom. The van der Waals surface area contributed by atoms with Gasteiger partial charge >= 0.3 is 0 Å². The van der Waals surface area contributed by atoms with E-state index < -0.39 is 11.7 Å². The topological polar surface area (TPSA) is 52.3 Å². The maximum atomic E-state index is 12.7. The number of amides is 1. The summed E-state index contributed by atoms with van der Waals surface area (Å²) in [7, 11) is 0. The fourth-order valence-corrected chi connectivity index (χ4v) is 1.10. The zero-order valence-corrected chi connectivity index (χ0v) is 8.17. The first-order valence-corrected chi connectivity index (χ1v) is 4.25. The Morgan fingerprint density at radius 3 is 2.92 bits per heavy atom. The molecule has 0 fully saturated rings. The third kappa shape index (κ3) is 3.02. The number of hydrogen-bond acceptors (Lipinski definition) is 2. The highest BCUT2D eigenvalue weighted by Crippen LogP contribution is 2.25. The molecule has 0 aromatic heterocycles. The van der Waals surface area contributed by atoms with Crippen LogP contribution in [-0.4, -0.2) is 12.5 Å². The fraction of sp³-hybridized carbons (Fsp3) is 0.125. The highest BCUT2D eigenvalue weighted by molar-refractivity contribution is 9.10. The molecule has 0 heterocycles. The van der Waals surface area contributed by atoms with Crippen LogP contribution in [0.1, 0.15) is 0 Å². The molecular weight excluding hydrogens is 241 g/mol. The fourth-order valence-electron chi connectivity index (χ4n) is 0.737. The molecule has 0 saturated heterocycles. The van der Waals surface area contributed by atoms with Gasteiger partial charge in [-0.05, 0) is 28.1 Å². The summed E-state index contributed by atoms with van der Waals surface area (Å²) in [6, 6.07) is 3.94. The van der Waals surface area contributed by atoms with Crippen molar-refractivity contribution in [2.45, 2.75) is 0 Å². The van der Waals surface area contributed by atoms with Crippen molar-refractivity contribution in [1.82, 2.24) is 0 Å². The molecule has 0 bridgehead atoms. The third-order valence-corrected chi connectivity index (χ3v) is 1.92. The molecule has 0 spiro atoms. The van der Waals surface area contributed by atoms with Crippen LogP contribution in [-0.2, 0) is 4.79 Å². The molecule has 0 unspecified atom stereocenters. The maximum absolute atomic E-state index is 12.7. The van der Waals surface area contributed by atoms with Crippen molar-refractivity contribution in [1.29, 1.82) is 0 Å². The summed E-state index contributed by atoms with van der Waals surface area (Å²) >= 11 is 3.14. The second-order valence-corrected chi connectivity index (χ2v) is 3.18. The van der Waals surface area contributed by atoms with Crippen LogP contribution in [0.5, 0.6) is 5.75 Å². The van der Waals surface area contributed by atoms with Crippen LogP contribution in [0.4, 0.5) is 4.39 Å². The Morgan fingerprint density at radius 2 is 2.31 bits per heavy atom. The molecule has 0 radical (unpaired) electrons. The Bertz CT molecular complexity index is 330. The second-order valence-electron chi connectivity index (χ2n) is 2.33. The number of rotatable bonds is 3. The monoisotopic (exact) mass is 247 g/mol. The Hall–Kier alpha value is -1.10. The standard InChI is InChI=1S/C8H7BrFNO2/c9-6-2-1-5(10)3-7(6)13-4-8(11)12/h1-3H,4H2,(H2,11,12). The largest absolute Gasteiger partial charge is 0.482 e. The van der Waals surface area contributed by atoms with Gasteiger partial charge in [0.15, 0.2) is 6.61 Å². The quantitative estimate of drug-likeness (QED) is 0.880. The molecule has 1 aromatic rings. The number of primary amides is 1. The number of halogens is 2. The van der Waals surface area contributed by atoms with Gasteiger partial charge in [0, 0.05) is 6.07 Å². The lowest BCUT2D eigenvalue weighted by Crippen LogP contribution is -2.20. The first-order valence-electron chi connectivity index (χ1n) is 3.46. The highest BCUT2D eigenvalue weighted by Gasteiger charge is 2.03. The molecule has 0 atom stereocenters. The normalized spacial score (nSPS) is 9.69. The average molecular weight is 248 g/mol. The van der Waals surface area contributed by atoms with Gasteiger partial charge in [-0.3, -0.25) is 4.79 Å². The van der Waals surface area contributed by atoms with Crippen molar-refractivity contribution in [3.8, 4) is 5.75 Å². The van der Waals surface area contributed by atoms with Crippen molar-refractivity contribution >= 4 is 21.8 Å². The van der Waals surface area contributed by atoms with E-state index in [0.717, 1.165) is 0 Å². The average Bonchev–Trinajstić information content (AvgIpc) is 2.06. The van der Waals surface area contributed by atoms with Crippen LogP contribution in [0, 0.1) is 5.82 Å². The van der Waals surface area contributed by atoms with E-state index in [2.05, 4.69) is 15.9 Å². The van der Waals surface area contributed by atoms with Gasteiger partial charge in [0.2, 0.25) is 0 Å². The van der Waals surface area contributed by atoms with E-state index in [9.17, 15) is 9.18 Å². The molecular formula is C8H7BrFNO2. The lowest BCUT2D eigenvalue weighted by atomic mass is 10.3. The van der Waals surface area contributed by atoms with E-state index in [4.69, 9.17) is 10.5 Å². The molecule has 1 aromatic carbocycles. The molecule has 3 nitrogen and oxygen atoms in total. The molecule has 1 rings (SSSR count). The summed E-state index contributed by atoms with van der Waals surface area (Å²) in [4.78, 5) is 10.4. The van der Waals surface area contributed by atoms with Crippen LogP contribution >= 0.6 is 15.9 Å². The summed E-state index contributed by atoms with van der Waals surface area (Å²) in [5.74, 6) is -0.766. The molecule has 5 heteroatoms. The zero-order valence-electron chi connectivity index (χ0n) is 6.59. The molecule has 0 aliphatic carbocycles. The van der Waals surface area contributed by atoms with Gasteiger partial charge in [0.1, 0.15) is 11.6 Å². The number of carbonyl (C=O) groups is 1. The Kier molecular flexibility index (Phi) is 3.25. The first kappa shape index (κ1) is 9.98. The first-order chi connectivity index (χ1) is 6.09. The van der Waals surface area contributed by atoms with E-state index >= 15 is 0 Å². The summed E-state index contributed by atoms with van der Waals surface area (Å²) in [6.45, 7) is -0.262. The predicted octanol–water partition coefficient (Wildman–Crippen LogP) is 1.45. The Balaban J connectivity index is 2.75. The van der Waals surface area contributed by atoms with Gasteiger partial charge in [0.05, 0.1) is 4.47 Å². The second kappa shape index (κ2) is 4.23. The lowest BCUT2D eigenvalue weighted by Gasteiger charge is -2.05. The van der Waals surface area contributed by atoms with Crippen LogP contribution in [0.25, 0.3) is 0 Å². The van der Waals surface area contributed by atoms with E-state index in [-0.39, 0.29) is 12.4 Å². The van der Waals surface area contributed by atoms with Crippen molar-refractivity contribution in [2.75, 3.05) is 6.61 Å². The number of hydrogen-bond donors (Lipinski definition) is 1. The maximum Gasteiger partial charge on any atom is 0.255 e.